The Kier molecular flexibility index (Phi) is 3.22. The molecule has 0 aromatic heterocycles. The molecule has 1 amide bonds. The number of nitrogens with two attached hydrogens (primary N) is 1. The Bertz CT molecular complexity index is 361. The quantitative estimate of drug-likeness (QED) is 0.761. The summed E-state index contributed by atoms with van der Waals surface area (Å²) in [7, 11) is 0. The number of rotatable bonds is 3. The first kappa shape index (κ1) is 11.1. The summed E-state index contributed by atoms with van der Waals surface area (Å²) in [6.45, 7) is 1.39. The van der Waals surface area contributed by atoms with Crippen molar-refractivity contribution in [3.63, 3.8) is 0 Å². The Morgan fingerprint density at radius 3 is 2.62 bits per heavy atom. The standard InChI is InChI=1S/C12H16N2O2/c13-11(10-4-2-1-3-5-10)12(16)14-6-9(7-14)8-15/h1-5,9,11,15H,6-8,13H2/t11-/m0/s1. The van der Waals surface area contributed by atoms with Crippen molar-refractivity contribution >= 4 is 5.91 Å². The van der Waals surface area contributed by atoms with E-state index in [4.69, 9.17) is 10.8 Å². The molecule has 1 aromatic carbocycles. The van der Waals surface area contributed by atoms with E-state index >= 15 is 0 Å². The van der Waals surface area contributed by atoms with Crippen molar-refractivity contribution in [3.8, 4) is 0 Å². The van der Waals surface area contributed by atoms with Crippen molar-refractivity contribution < 1.29 is 9.90 Å². The maximum absolute atomic E-state index is 11.9. The highest BCUT2D eigenvalue weighted by Crippen LogP contribution is 2.20. The third-order valence-electron chi connectivity index (χ3n) is 2.95. The molecule has 1 aliphatic rings. The van der Waals surface area contributed by atoms with Crippen molar-refractivity contribution in [1.29, 1.82) is 0 Å². The van der Waals surface area contributed by atoms with Crippen LogP contribution in [0, 0.1) is 5.92 Å². The first-order valence-electron chi connectivity index (χ1n) is 5.42. The van der Waals surface area contributed by atoms with Crippen LogP contribution in [0.2, 0.25) is 0 Å². The van der Waals surface area contributed by atoms with E-state index in [0.29, 0.717) is 13.1 Å². The van der Waals surface area contributed by atoms with Gasteiger partial charge in [-0.25, -0.2) is 0 Å². The minimum Gasteiger partial charge on any atom is -0.396 e. The molecule has 2 rings (SSSR count). The minimum absolute atomic E-state index is 0.0594. The van der Waals surface area contributed by atoms with Crippen LogP contribution in [0.1, 0.15) is 11.6 Å². The van der Waals surface area contributed by atoms with E-state index in [0.717, 1.165) is 5.56 Å². The third-order valence-corrected chi connectivity index (χ3v) is 2.95. The number of nitrogens with zero attached hydrogens (tertiary/aromatic N) is 1. The van der Waals surface area contributed by atoms with Crippen molar-refractivity contribution in [2.45, 2.75) is 6.04 Å². The summed E-state index contributed by atoms with van der Waals surface area (Å²) in [6.07, 6.45) is 0. The molecule has 1 saturated heterocycles. The maximum Gasteiger partial charge on any atom is 0.244 e. The van der Waals surface area contributed by atoms with E-state index in [1.807, 2.05) is 30.3 Å². The average Bonchev–Trinajstić information content (AvgIpc) is 2.27. The molecule has 1 aliphatic heterocycles. The van der Waals surface area contributed by atoms with Crippen LogP contribution < -0.4 is 5.73 Å². The van der Waals surface area contributed by atoms with Gasteiger partial charge in [0.15, 0.2) is 0 Å². The topological polar surface area (TPSA) is 66.6 Å². The van der Waals surface area contributed by atoms with E-state index in [9.17, 15) is 4.79 Å². The van der Waals surface area contributed by atoms with Crippen LogP contribution in [0.5, 0.6) is 0 Å². The molecule has 0 spiro atoms. The van der Waals surface area contributed by atoms with Gasteiger partial charge in [-0.3, -0.25) is 4.79 Å². The Balaban J connectivity index is 1.96. The molecule has 0 aliphatic carbocycles. The Labute approximate surface area is 94.7 Å². The van der Waals surface area contributed by atoms with Gasteiger partial charge in [-0.15, -0.1) is 0 Å². The zero-order valence-electron chi connectivity index (χ0n) is 9.04. The average molecular weight is 220 g/mol. The molecule has 0 saturated carbocycles. The summed E-state index contributed by atoms with van der Waals surface area (Å²) >= 11 is 0. The van der Waals surface area contributed by atoms with Gasteiger partial charge in [0.25, 0.3) is 0 Å². The monoisotopic (exact) mass is 220 g/mol. The molecule has 3 N–H and O–H groups in total. The number of likely N-dealkylation sites (tertiary alicyclic amines) is 1. The second-order valence-corrected chi connectivity index (χ2v) is 4.18. The molecule has 1 aromatic rings. The fourth-order valence-electron chi connectivity index (χ4n) is 1.86. The Morgan fingerprint density at radius 1 is 1.44 bits per heavy atom. The fourth-order valence-corrected chi connectivity index (χ4v) is 1.86. The van der Waals surface area contributed by atoms with Gasteiger partial charge in [-0.2, -0.15) is 0 Å². The predicted octanol–water partition coefficient (Wildman–Crippen LogP) is 0.137. The van der Waals surface area contributed by atoms with Gasteiger partial charge in [0.05, 0.1) is 0 Å². The van der Waals surface area contributed by atoms with Crippen molar-refractivity contribution in [1.82, 2.24) is 4.90 Å². The first-order valence-corrected chi connectivity index (χ1v) is 5.42. The Morgan fingerprint density at radius 2 is 2.06 bits per heavy atom. The third kappa shape index (κ3) is 2.08. The maximum atomic E-state index is 11.9. The number of aliphatic hydroxyl groups excluding tert-OH is 1. The van der Waals surface area contributed by atoms with Gasteiger partial charge in [0, 0.05) is 25.6 Å². The number of benzene rings is 1. The van der Waals surface area contributed by atoms with Gasteiger partial charge in [-0.1, -0.05) is 30.3 Å². The lowest BCUT2D eigenvalue weighted by Gasteiger charge is -2.39. The highest BCUT2D eigenvalue weighted by atomic mass is 16.3. The molecule has 1 heterocycles. The largest absolute Gasteiger partial charge is 0.396 e. The summed E-state index contributed by atoms with van der Waals surface area (Å²) in [5.41, 5.74) is 6.72. The molecule has 86 valence electrons. The highest BCUT2D eigenvalue weighted by Gasteiger charge is 2.32. The molecule has 0 bridgehead atoms. The molecule has 0 unspecified atom stereocenters. The predicted molar refractivity (Wildman–Crippen MR) is 60.5 cm³/mol. The lowest BCUT2D eigenvalue weighted by atomic mass is 9.98. The lowest BCUT2D eigenvalue weighted by molar-refractivity contribution is -0.140. The van der Waals surface area contributed by atoms with Crippen LogP contribution in [0.4, 0.5) is 0 Å². The molecule has 0 radical (unpaired) electrons. The molecule has 4 heteroatoms. The van der Waals surface area contributed by atoms with Crippen molar-refractivity contribution in [2.75, 3.05) is 19.7 Å². The SMILES string of the molecule is N[C@H](C(=O)N1CC(CO)C1)c1ccccc1. The normalized spacial score (nSPS) is 18.0. The van der Waals surface area contributed by atoms with E-state index in [-0.39, 0.29) is 18.4 Å². The highest BCUT2D eigenvalue weighted by molar-refractivity contribution is 5.83. The van der Waals surface area contributed by atoms with Crippen LogP contribution >= 0.6 is 0 Å². The molecular weight excluding hydrogens is 204 g/mol. The summed E-state index contributed by atoms with van der Waals surface area (Å²) < 4.78 is 0. The van der Waals surface area contributed by atoms with Gasteiger partial charge in [0.2, 0.25) is 5.91 Å². The van der Waals surface area contributed by atoms with E-state index in [2.05, 4.69) is 0 Å². The van der Waals surface area contributed by atoms with Gasteiger partial charge >= 0.3 is 0 Å². The van der Waals surface area contributed by atoms with Gasteiger partial charge in [-0.05, 0) is 5.56 Å². The van der Waals surface area contributed by atoms with Crippen LogP contribution in [0.25, 0.3) is 0 Å². The second-order valence-electron chi connectivity index (χ2n) is 4.18. The van der Waals surface area contributed by atoms with Crippen LogP contribution in [0.15, 0.2) is 30.3 Å². The van der Waals surface area contributed by atoms with E-state index in [1.165, 1.54) is 0 Å². The molecule has 16 heavy (non-hydrogen) atoms. The molecule has 4 nitrogen and oxygen atoms in total. The second kappa shape index (κ2) is 4.63. The first-order chi connectivity index (χ1) is 7.72. The zero-order valence-corrected chi connectivity index (χ0v) is 9.04. The minimum atomic E-state index is -0.583. The summed E-state index contributed by atoms with van der Waals surface area (Å²) in [5.74, 6) is 0.169. The van der Waals surface area contributed by atoms with Gasteiger partial charge < -0.3 is 15.7 Å². The number of hydrogen-bond donors (Lipinski definition) is 2. The summed E-state index contributed by atoms with van der Waals surface area (Å²) in [4.78, 5) is 13.6. The van der Waals surface area contributed by atoms with Crippen LogP contribution in [-0.4, -0.2) is 35.6 Å². The molecule has 1 atom stereocenters. The zero-order chi connectivity index (χ0) is 11.5. The number of hydrogen-bond acceptors (Lipinski definition) is 3. The van der Waals surface area contributed by atoms with E-state index < -0.39 is 6.04 Å². The smallest absolute Gasteiger partial charge is 0.244 e. The number of amides is 1. The number of carbonyl (C=O) groups excluding carboxylic acids is 1. The van der Waals surface area contributed by atoms with Gasteiger partial charge in [0.1, 0.15) is 6.04 Å². The van der Waals surface area contributed by atoms with Crippen LogP contribution in [-0.2, 0) is 4.79 Å². The fraction of sp³-hybridized carbons (Fsp3) is 0.417. The molecule has 1 fully saturated rings. The van der Waals surface area contributed by atoms with Crippen molar-refractivity contribution in [2.24, 2.45) is 11.7 Å². The summed E-state index contributed by atoms with van der Waals surface area (Å²) in [6, 6.07) is 8.76. The Hall–Kier alpha value is -1.39. The molecular formula is C12H16N2O2. The summed E-state index contributed by atoms with van der Waals surface area (Å²) in [5, 5.41) is 8.87. The van der Waals surface area contributed by atoms with Crippen molar-refractivity contribution in [3.05, 3.63) is 35.9 Å². The lowest BCUT2D eigenvalue weighted by Crippen LogP contribution is -2.53. The number of aliphatic hydroxyl groups is 1. The van der Waals surface area contributed by atoms with Crippen LogP contribution in [0.3, 0.4) is 0 Å². The number of carbonyl (C=O) groups is 1. The van der Waals surface area contributed by atoms with E-state index in [1.54, 1.807) is 4.90 Å².